The number of ether oxygens (including phenoxy) is 1. The molecule has 3 aromatic rings. The molecule has 0 aliphatic rings. The quantitative estimate of drug-likeness (QED) is 0.571. The Hall–Kier alpha value is -3.20. The van der Waals surface area contributed by atoms with Gasteiger partial charge in [0.15, 0.2) is 11.6 Å². The minimum absolute atomic E-state index is 0.0429. The van der Waals surface area contributed by atoms with Crippen LogP contribution in [-0.4, -0.2) is 18.7 Å². The van der Waals surface area contributed by atoms with Gasteiger partial charge in [0.25, 0.3) is 0 Å². The molecule has 0 fully saturated rings. The van der Waals surface area contributed by atoms with Crippen LogP contribution in [0.5, 0.6) is 5.75 Å². The topological polar surface area (TPSA) is 43.4 Å². The van der Waals surface area contributed by atoms with Crippen LogP contribution in [0.4, 0.5) is 0 Å². The lowest BCUT2D eigenvalue weighted by atomic mass is 9.85. The summed E-state index contributed by atoms with van der Waals surface area (Å²) in [6, 6.07) is 25.6. The standard InChI is InChI=1S/C23H20O3/c1-26-20-14-12-18(13-15-20)22(24)16-21(17-8-4-2-5-9-17)23(25)19-10-6-3-7-11-19/h2-15,21H,16H2,1H3/t21-/m1/s1. The van der Waals surface area contributed by atoms with Crippen LogP contribution in [0, 0.1) is 0 Å². The first-order valence-corrected chi connectivity index (χ1v) is 8.50. The largest absolute Gasteiger partial charge is 0.497 e. The molecule has 0 aromatic heterocycles. The van der Waals surface area contributed by atoms with E-state index in [-0.39, 0.29) is 18.0 Å². The third kappa shape index (κ3) is 4.06. The first-order chi connectivity index (χ1) is 12.7. The smallest absolute Gasteiger partial charge is 0.170 e. The fourth-order valence-electron chi connectivity index (χ4n) is 2.93. The van der Waals surface area contributed by atoms with Crippen LogP contribution < -0.4 is 4.74 Å². The van der Waals surface area contributed by atoms with Crippen LogP contribution in [0.3, 0.4) is 0 Å². The zero-order chi connectivity index (χ0) is 18.4. The molecular weight excluding hydrogens is 324 g/mol. The first kappa shape index (κ1) is 17.6. The number of carbonyl (C=O) groups excluding carboxylic acids is 2. The van der Waals surface area contributed by atoms with Crippen molar-refractivity contribution in [3.8, 4) is 5.75 Å². The number of benzene rings is 3. The van der Waals surface area contributed by atoms with E-state index in [9.17, 15) is 9.59 Å². The number of rotatable bonds is 7. The molecule has 130 valence electrons. The molecule has 3 heteroatoms. The Morgan fingerprint density at radius 1 is 0.769 bits per heavy atom. The molecule has 0 aliphatic heterocycles. The lowest BCUT2D eigenvalue weighted by Crippen LogP contribution is -2.17. The molecule has 0 saturated carbocycles. The maximum atomic E-state index is 13.0. The fourth-order valence-corrected chi connectivity index (χ4v) is 2.93. The second kappa shape index (κ2) is 8.26. The van der Waals surface area contributed by atoms with Crippen molar-refractivity contribution in [2.45, 2.75) is 12.3 Å². The Morgan fingerprint density at radius 3 is 1.92 bits per heavy atom. The highest BCUT2D eigenvalue weighted by atomic mass is 16.5. The lowest BCUT2D eigenvalue weighted by molar-refractivity contribution is 0.0893. The number of methoxy groups -OCH3 is 1. The van der Waals surface area contributed by atoms with Crippen molar-refractivity contribution in [3.05, 3.63) is 102 Å². The van der Waals surface area contributed by atoms with Gasteiger partial charge in [-0.05, 0) is 29.8 Å². The maximum Gasteiger partial charge on any atom is 0.170 e. The summed E-state index contributed by atoms with van der Waals surface area (Å²) >= 11 is 0. The molecule has 0 saturated heterocycles. The molecule has 3 aromatic carbocycles. The maximum absolute atomic E-state index is 13.0. The molecule has 0 spiro atoms. The van der Waals surface area contributed by atoms with Crippen LogP contribution in [0.15, 0.2) is 84.9 Å². The molecule has 1 atom stereocenters. The monoisotopic (exact) mass is 344 g/mol. The van der Waals surface area contributed by atoms with Crippen LogP contribution in [0.1, 0.15) is 38.6 Å². The molecule has 0 amide bonds. The fraction of sp³-hybridized carbons (Fsp3) is 0.130. The highest BCUT2D eigenvalue weighted by molar-refractivity contribution is 6.06. The van der Waals surface area contributed by atoms with Crippen molar-refractivity contribution in [2.75, 3.05) is 7.11 Å². The number of hydrogen-bond acceptors (Lipinski definition) is 3. The Balaban J connectivity index is 1.88. The molecule has 0 unspecified atom stereocenters. The second-order valence-corrected chi connectivity index (χ2v) is 6.05. The van der Waals surface area contributed by atoms with E-state index in [2.05, 4.69) is 0 Å². The molecule has 26 heavy (non-hydrogen) atoms. The van der Waals surface area contributed by atoms with Gasteiger partial charge >= 0.3 is 0 Å². The van der Waals surface area contributed by atoms with Crippen LogP contribution in [-0.2, 0) is 0 Å². The van der Waals surface area contributed by atoms with Gasteiger partial charge < -0.3 is 4.74 Å². The van der Waals surface area contributed by atoms with E-state index in [1.807, 2.05) is 48.5 Å². The van der Waals surface area contributed by atoms with E-state index in [1.165, 1.54) is 0 Å². The molecule has 0 bridgehead atoms. The van der Waals surface area contributed by atoms with Gasteiger partial charge in [0.1, 0.15) is 5.75 Å². The Kier molecular flexibility index (Phi) is 5.59. The molecule has 0 radical (unpaired) electrons. The van der Waals surface area contributed by atoms with E-state index in [4.69, 9.17) is 4.74 Å². The van der Waals surface area contributed by atoms with Gasteiger partial charge in [-0.1, -0.05) is 60.7 Å². The van der Waals surface area contributed by atoms with Crippen molar-refractivity contribution < 1.29 is 14.3 Å². The van der Waals surface area contributed by atoms with Gasteiger partial charge in [-0.3, -0.25) is 9.59 Å². The van der Waals surface area contributed by atoms with Gasteiger partial charge in [-0.15, -0.1) is 0 Å². The van der Waals surface area contributed by atoms with Gasteiger partial charge in [0, 0.05) is 17.5 Å². The third-order valence-electron chi connectivity index (χ3n) is 4.38. The summed E-state index contributed by atoms with van der Waals surface area (Å²) in [5, 5.41) is 0. The Morgan fingerprint density at radius 2 is 1.35 bits per heavy atom. The van der Waals surface area contributed by atoms with Crippen LogP contribution in [0.2, 0.25) is 0 Å². The Bertz CT molecular complexity index is 868. The Labute approximate surface area is 153 Å². The number of carbonyl (C=O) groups is 2. The van der Waals surface area contributed by atoms with Crippen molar-refractivity contribution in [2.24, 2.45) is 0 Å². The van der Waals surface area contributed by atoms with E-state index in [1.54, 1.807) is 43.5 Å². The summed E-state index contributed by atoms with van der Waals surface area (Å²) in [4.78, 5) is 25.8. The van der Waals surface area contributed by atoms with Gasteiger partial charge in [-0.2, -0.15) is 0 Å². The highest BCUT2D eigenvalue weighted by Gasteiger charge is 2.25. The summed E-state index contributed by atoms with van der Waals surface area (Å²) in [7, 11) is 1.58. The average molecular weight is 344 g/mol. The van der Waals surface area contributed by atoms with Gasteiger partial charge in [-0.25, -0.2) is 0 Å². The predicted octanol–water partition coefficient (Wildman–Crippen LogP) is 4.93. The zero-order valence-electron chi connectivity index (χ0n) is 14.6. The van der Waals surface area contributed by atoms with Crippen molar-refractivity contribution >= 4 is 11.6 Å². The third-order valence-corrected chi connectivity index (χ3v) is 4.38. The summed E-state index contributed by atoms with van der Waals surface area (Å²) in [6.07, 6.45) is 0.129. The van der Waals surface area contributed by atoms with Gasteiger partial charge in [0.05, 0.1) is 13.0 Å². The molecule has 3 rings (SSSR count). The second-order valence-electron chi connectivity index (χ2n) is 6.05. The van der Waals surface area contributed by atoms with Crippen molar-refractivity contribution in [3.63, 3.8) is 0 Å². The summed E-state index contributed by atoms with van der Waals surface area (Å²) in [5.74, 6) is 0.0826. The molecule has 0 N–H and O–H groups in total. The normalized spacial score (nSPS) is 11.6. The average Bonchev–Trinajstić information content (AvgIpc) is 2.72. The lowest BCUT2D eigenvalue weighted by Gasteiger charge is -2.16. The van der Waals surface area contributed by atoms with E-state index in [0.29, 0.717) is 16.9 Å². The predicted molar refractivity (Wildman–Crippen MR) is 102 cm³/mol. The highest BCUT2D eigenvalue weighted by Crippen LogP contribution is 2.26. The van der Waals surface area contributed by atoms with Crippen LogP contribution >= 0.6 is 0 Å². The number of hydrogen-bond donors (Lipinski definition) is 0. The van der Waals surface area contributed by atoms with E-state index < -0.39 is 5.92 Å². The van der Waals surface area contributed by atoms with Crippen LogP contribution in [0.25, 0.3) is 0 Å². The number of Topliss-reactive ketones (excluding diaryl/α,β-unsaturated/α-hetero) is 2. The minimum Gasteiger partial charge on any atom is -0.497 e. The van der Waals surface area contributed by atoms with Crippen molar-refractivity contribution in [1.82, 2.24) is 0 Å². The van der Waals surface area contributed by atoms with Gasteiger partial charge in [0.2, 0.25) is 0 Å². The molecular formula is C23H20O3. The van der Waals surface area contributed by atoms with E-state index >= 15 is 0 Å². The summed E-state index contributed by atoms with van der Waals surface area (Å²) in [6.45, 7) is 0. The summed E-state index contributed by atoms with van der Waals surface area (Å²) < 4.78 is 5.13. The molecule has 3 nitrogen and oxygen atoms in total. The zero-order valence-corrected chi connectivity index (χ0v) is 14.6. The molecule has 0 heterocycles. The molecule has 0 aliphatic carbocycles. The van der Waals surface area contributed by atoms with E-state index in [0.717, 1.165) is 5.56 Å². The first-order valence-electron chi connectivity index (χ1n) is 8.50. The summed E-state index contributed by atoms with van der Waals surface area (Å²) in [5.41, 5.74) is 2.04. The SMILES string of the molecule is COc1ccc(C(=O)C[C@@H](C(=O)c2ccccc2)c2ccccc2)cc1. The minimum atomic E-state index is -0.506. The number of ketones is 2. The van der Waals surface area contributed by atoms with Crippen molar-refractivity contribution in [1.29, 1.82) is 0 Å².